The van der Waals surface area contributed by atoms with Crippen molar-refractivity contribution in [2.24, 2.45) is 0 Å². The van der Waals surface area contributed by atoms with Gasteiger partial charge < -0.3 is 0 Å². The standard InChI is InChI=1S/C16H13N3OS/c1-11-3-2-4-13(9-11)14-10-21-16(18-14)19-15(20)12-5-7-17-8-6-12/h2-10H,1H3,(H,18,19,20). The third-order valence-electron chi connectivity index (χ3n) is 2.98. The summed E-state index contributed by atoms with van der Waals surface area (Å²) in [5.41, 5.74) is 3.67. The molecule has 0 saturated heterocycles. The summed E-state index contributed by atoms with van der Waals surface area (Å²) in [6.45, 7) is 2.04. The van der Waals surface area contributed by atoms with E-state index in [1.807, 2.05) is 30.5 Å². The molecule has 0 aliphatic rings. The molecule has 4 nitrogen and oxygen atoms in total. The summed E-state index contributed by atoms with van der Waals surface area (Å²) < 4.78 is 0. The lowest BCUT2D eigenvalue weighted by molar-refractivity contribution is 0.102. The molecule has 104 valence electrons. The molecular weight excluding hydrogens is 282 g/mol. The van der Waals surface area contributed by atoms with Gasteiger partial charge in [0, 0.05) is 28.9 Å². The zero-order valence-corrected chi connectivity index (χ0v) is 12.2. The Kier molecular flexibility index (Phi) is 3.75. The van der Waals surface area contributed by atoms with Crippen molar-refractivity contribution in [3.8, 4) is 11.3 Å². The van der Waals surface area contributed by atoms with E-state index in [4.69, 9.17) is 0 Å². The van der Waals surface area contributed by atoms with Gasteiger partial charge in [-0.25, -0.2) is 4.98 Å². The van der Waals surface area contributed by atoms with Crippen LogP contribution in [-0.2, 0) is 0 Å². The molecule has 0 saturated carbocycles. The molecule has 0 atom stereocenters. The first-order valence-corrected chi connectivity index (χ1v) is 7.34. The Bertz CT molecular complexity index is 768. The second-order valence-corrected chi connectivity index (χ2v) is 5.46. The second-order valence-electron chi connectivity index (χ2n) is 4.60. The van der Waals surface area contributed by atoms with E-state index in [-0.39, 0.29) is 5.91 Å². The normalized spacial score (nSPS) is 10.3. The molecule has 0 fully saturated rings. The first kappa shape index (κ1) is 13.5. The number of thiazole rings is 1. The summed E-state index contributed by atoms with van der Waals surface area (Å²) in [7, 11) is 0. The number of carbonyl (C=O) groups excluding carboxylic acids is 1. The Morgan fingerprint density at radius 3 is 2.76 bits per heavy atom. The van der Waals surface area contributed by atoms with Gasteiger partial charge in [-0.2, -0.15) is 0 Å². The fourth-order valence-corrected chi connectivity index (χ4v) is 2.66. The van der Waals surface area contributed by atoms with E-state index in [2.05, 4.69) is 21.4 Å². The minimum absolute atomic E-state index is 0.178. The van der Waals surface area contributed by atoms with Gasteiger partial charge in [-0.1, -0.05) is 23.8 Å². The number of aryl methyl sites for hydroxylation is 1. The fraction of sp³-hybridized carbons (Fsp3) is 0.0625. The molecule has 1 amide bonds. The Hall–Kier alpha value is -2.53. The lowest BCUT2D eigenvalue weighted by atomic mass is 10.1. The molecule has 2 aromatic heterocycles. The van der Waals surface area contributed by atoms with Crippen molar-refractivity contribution in [2.45, 2.75) is 6.92 Å². The maximum absolute atomic E-state index is 12.0. The van der Waals surface area contributed by atoms with Gasteiger partial charge in [-0.05, 0) is 25.1 Å². The van der Waals surface area contributed by atoms with E-state index in [0.29, 0.717) is 10.7 Å². The van der Waals surface area contributed by atoms with E-state index >= 15 is 0 Å². The number of hydrogen-bond acceptors (Lipinski definition) is 4. The van der Waals surface area contributed by atoms with Crippen molar-refractivity contribution >= 4 is 22.4 Å². The number of nitrogens with one attached hydrogen (secondary N) is 1. The zero-order chi connectivity index (χ0) is 14.7. The maximum Gasteiger partial charge on any atom is 0.257 e. The van der Waals surface area contributed by atoms with E-state index in [1.165, 1.54) is 16.9 Å². The predicted molar refractivity (Wildman–Crippen MR) is 84.5 cm³/mol. The highest BCUT2D eigenvalue weighted by molar-refractivity contribution is 7.14. The van der Waals surface area contributed by atoms with Gasteiger partial charge in [0.2, 0.25) is 0 Å². The molecule has 0 spiro atoms. The first-order chi connectivity index (χ1) is 10.2. The van der Waals surface area contributed by atoms with Crippen LogP contribution in [0.1, 0.15) is 15.9 Å². The molecule has 3 aromatic rings. The molecule has 2 heterocycles. The Balaban J connectivity index is 1.78. The van der Waals surface area contributed by atoms with Crippen LogP contribution in [-0.4, -0.2) is 15.9 Å². The van der Waals surface area contributed by atoms with E-state index < -0.39 is 0 Å². The Labute approximate surface area is 126 Å². The van der Waals surface area contributed by atoms with Crippen LogP contribution in [0.5, 0.6) is 0 Å². The molecule has 1 N–H and O–H groups in total. The van der Waals surface area contributed by atoms with Crippen LogP contribution in [0.25, 0.3) is 11.3 Å². The van der Waals surface area contributed by atoms with Gasteiger partial charge >= 0.3 is 0 Å². The highest BCUT2D eigenvalue weighted by atomic mass is 32.1. The quantitative estimate of drug-likeness (QED) is 0.800. The van der Waals surface area contributed by atoms with Crippen LogP contribution >= 0.6 is 11.3 Å². The van der Waals surface area contributed by atoms with Gasteiger partial charge in [0.1, 0.15) is 0 Å². The third kappa shape index (κ3) is 3.14. The highest BCUT2D eigenvalue weighted by Gasteiger charge is 2.09. The van der Waals surface area contributed by atoms with Crippen molar-refractivity contribution < 1.29 is 4.79 Å². The SMILES string of the molecule is Cc1cccc(-c2csc(NC(=O)c3ccncc3)n2)c1. The van der Waals surface area contributed by atoms with Gasteiger partial charge in [-0.15, -0.1) is 11.3 Å². The number of nitrogens with zero attached hydrogens (tertiary/aromatic N) is 2. The van der Waals surface area contributed by atoms with Gasteiger partial charge in [0.15, 0.2) is 5.13 Å². The van der Waals surface area contributed by atoms with Gasteiger partial charge in [0.05, 0.1) is 5.69 Å². The summed E-state index contributed by atoms with van der Waals surface area (Å²) in [6.07, 6.45) is 3.18. The molecule has 1 aromatic carbocycles. The fourth-order valence-electron chi connectivity index (χ4n) is 1.94. The smallest absolute Gasteiger partial charge is 0.257 e. The zero-order valence-electron chi connectivity index (χ0n) is 11.4. The van der Waals surface area contributed by atoms with Crippen LogP contribution in [0.15, 0.2) is 54.2 Å². The van der Waals surface area contributed by atoms with E-state index in [1.54, 1.807) is 24.5 Å². The molecule has 0 radical (unpaired) electrons. The van der Waals surface area contributed by atoms with Crippen molar-refractivity contribution in [2.75, 3.05) is 5.32 Å². The number of hydrogen-bond donors (Lipinski definition) is 1. The Morgan fingerprint density at radius 2 is 2.00 bits per heavy atom. The lowest BCUT2D eigenvalue weighted by Gasteiger charge is -2.01. The molecule has 3 rings (SSSR count). The number of carbonyl (C=O) groups is 1. The second kappa shape index (κ2) is 5.85. The third-order valence-corrected chi connectivity index (χ3v) is 3.74. The molecule has 0 bridgehead atoms. The summed E-state index contributed by atoms with van der Waals surface area (Å²) in [5, 5.41) is 5.34. The van der Waals surface area contributed by atoms with Crippen molar-refractivity contribution in [1.82, 2.24) is 9.97 Å². The number of rotatable bonds is 3. The summed E-state index contributed by atoms with van der Waals surface area (Å²) in [4.78, 5) is 20.4. The largest absolute Gasteiger partial charge is 0.298 e. The van der Waals surface area contributed by atoms with Crippen LogP contribution in [0.2, 0.25) is 0 Å². The number of aromatic nitrogens is 2. The average molecular weight is 295 g/mol. The van der Waals surface area contributed by atoms with Crippen molar-refractivity contribution in [1.29, 1.82) is 0 Å². The first-order valence-electron chi connectivity index (χ1n) is 6.46. The van der Waals surface area contributed by atoms with Gasteiger partial charge in [-0.3, -0.25) is 15.1 Å². The minimum Gasteiger partial charge on any atom is -0.298 e. The molecular formula is C16H13N3OS. The number of amides is 1. The lowest BCUT2D eigenvalue weighted by Crippen LogP contribution is -2.11. The summed E-state index contributed by atoms with van der Waals surface area (Å²) in [6, 6.07) is 11.5. The molecule has 0 unspecified atom stereocenters. The Morgan fingerprint density at radius 1 is 1.19 bits per heavy atom. The molecule has 0 aliphatic heterocycles. The van der Waals surface area contributed by atoms with Crippen LogP contribution in [0.3, 0.4) is 0 Å². The highest BCUT2D eigenvalue weighted by Crippen LogP contribution is 2.25. The number of benzene rings is 1. The average Bonchev–Trinajstić information content (AvgIpc) is 2.97. The van der Waals surface area contributed by atoms with Crippen LogP contribution < -0.4 is 5.32 Å². The monoisotopic (exact) mass is 295 g/mol. The van der Waals surface area contributed by atoms with E-state index in [9.17, 15) is 4.79 Å². The van der Waals surface area contributed by atoms with Gasteiger partial charge in [0.25, 0.3) is 5.91 Å². The topological polar surface area (TPSA) is 54.9 Å². The number of anilines is 1. The van der Waals surface area contributed by atoms with Crippen LogP contribution in [0, 0.1) is 6.92 Å². The summed E-state index contributed by atoms with van der Waals surface area (Å²) >= 11 is 1.41. The van der Waals surface area contributed by atoms with Crippen molar-refractivity contribution in [3.05, 3.63) is 65.3 Å². The van der Waals surface area contributed by atoms with E-state index in [0.717, 1.165) is 11.3 Å². The summed E-state index contributed by atoms with van der Waals surface area (Å²) in [5.74, 6) is -0.178. The van der Waals surface area contributed by atoms with Crippen molar-refractivity contribution in [3.63, 3.8) is 0 Å². The molecule has 0 aliphatic carbocycles. The minimum atomic E-state index is -0.178. The maximum atomic E-state index is 12.0. The number of pyridine rings is 1. The predicted octanol–water partition coefficient (Wildman–Crippen LogP) is 3.77. The molecule has 5 heteroatoms. The van der Waals surface area contributed by atoms with Crippen LogP contribution in [0.4, 0.5) is 5.13 Å². The molecule has 21 heavy (non-hydrogen) atoms.